The minimum Gasteiger partial charge on any atom is -0.329 e. The maximum Gasteiger partial charge on any atom is 0.285 e. The van der Waals surface area contributed by atoms with Crippen LogP contribution in [0.4, 0.5) is 11.4 Å². The number of carbonyl (C=O) groups is 1. The first-order chi connectivity index (χ1) is 8.84. The van der Waals surface area contributed by atoms with Crippen LogP contribution in [-0.4, -0.2) is 17.4 Å². The molecular weight excluding hydrogens is 314 g/mol. The second-order valence-corrected chi connectivity index (χ2v) is 5.35. The first-order valence-electron chi connectivity index (χ1n) is 5.79. The Kier molecular flexibility index (Phi) is 5.02. The molecule has 0 saturated carbocycles. The number of carbonyl (C=O) groups excluding carboxylic acids is 1. The van der Waals surface area contributed by atoms with E-state index in [1.54, 1.807) is 13.0 Å². The lowest BCUT2D eigenvalue weighted by Gasteiger charge is -2.24. The van der Waals surface area contributed by atoms with Gasteiger partial charge in [0.05, 0.1) is 14.8 Å². The van der Waals surface area contributed by atoms with Crippen molar-refractivity contribution in [3.05, 3.63) is 32.8 Å². The van der Waals surface area contributed by atoms with E-state index in [-0.39, 0.29) is 18.1 Å². The average molecular weight is 330 g/mol. The molecule has 1 aromatic rings. The molecule has 0 spiro atoms. The third-order valence-corrected chi connectivity index (χ3v) is 3.85. The molecule has 1 unspecified atom stereocenters. The Bertz CT molecular complexity index is 501. The molecule has 0 aliphatic rings. The van der Waals surface area contributed by atoms with E-state index in [4.69, 9.17) is 5.73 Å². The molecule has 3 N–H and O–H groups in total. The third-order valence-electron chi connectivity index (χ3n) is 3.18. The topological polar surface area (TPSA) is 98.3 Å². The van der Waals surface area contributed by atoms with Gasteiger partial charge in [-0.1, -0.05) is 6.92 Å². The van der Waals surface area contributed by atoms with Gasteiger partial charge in [0.1, 0.15) is 0 Å². The molecule has 0 fully saturated rings. The van der Waals surface area contributed by atoms with Crippen molar-refractivity contribution in [1.29, 1.82) is 0 Å². The number of amides is 1. The first kappa shape index (κ1) is 15.6. The number of nitro groups is 1. The number of anilines is 1. The Morgan fingerprint density at radius 2 is 2.21 bits per heavy atom. The minimum atomic E-state index is -0.679. The van der Waals surface area contributed by atoms with Crippen LogP contribution in [0.1, 0.15) is 20.3 Å². The van der Waals surface area contributed by atoms with Crippen molar-refractivity contribution in [1.82, 2.24) is 0 Å². The predicted octanol–water partition coefficient (Wildman–Crippen LogP) is 2.67. The lowest BCUT2D eigenvalue weighted by Crippen LogP contribution is -2.39. The van der Waals surface area contributed by atoms with E-state index in [1.807, 2.05) is 6.92 Å². The molecule has 19 heavy (non-hydrogen) atoms. The minimum absolute atomic E-state index is 0.0937. The number of hydrogen-bond acceptors (Lipinski definition) is 4. The number of nitrogens with two attached hydrogens (primary N) is 1. The molecule has 6 nitrogen and oxygen atoms in total. The van der Waals surface area contributed by atoms with Gasteiger partial charge >= 0.3 is 0 Å². The monoisotopic (exact) mass is 329 g/mol. The summed E-state index contributed by atoms with van der Waals surface area (Å²) in [6, 6.07) is 4.44. The maximum absolute atomic E-state index is 12.1. The number of hydrogen-bond donors (Lipinski definition) is 2. The SMILES string of the molecule is CCC(C)(CN)C(=O)Nc1ccc(Br)c([N+](=O)[O-])c1. The van der Waals surface area contributed by atoms with Crippen LogP contribution in [0.2, 0.25) is 0 Å². The van der Waals surface area contributed by atoms with E-state index in [9.17, 15) is 14.9 Å². The number of nitro benzene ring substituents is 1. The fourth-order valence-electron chi connectivity index (χ4n) is 1.41. The summed E-state index contributed by atoms with van der Waals surface area (Å²) in [5.41, 5.74) is 5.21. The van der Waals surface area contributed by atoms with Gasteiger partial charge in [0, 0.05) is 18.3 Å². The lowest BCUT2D eigenvalue weighted by molar-refractivity contribution is -0.385. The number of benzene rings is 1. The van der Waals surface area contributed by atoms with Gasteiger partial charge in [-0.05, 0) is 41.4 Å². The van der Waals surface area contributed by atoms with E-state index in [0.717, 1.165) is 0 Å². The zero-order valence-electron chi connectivity index (χ0n) is 10.8. The zero-order valence-corrected chi connectivity index (χ0v) is 12.4. The van der Waals surface area contributed by atoms with Crippen molar-refractivity contribution in [2.45, 2.75) is 20.3 Å². The fraction of sp³-hybridized carbons (Fsp3) is 0.417. The Labute approximate surface area is 119 Å². The molecule has 0 radical (unpaired) electrons. The lowest BCUT2D eigenvalue weighted by atomic mass is 9.86. The summed E-state index contributed by atoms with van der Waals surface area (Å²) in [5.74, 6) is -0.242. The van der Waals surface area contributed by atoms with Crippen molar-refractivity contribution < 1.29 is 9.72 Å². The fourth-order valence-corrected chi connectivity index (χ4v) is 1.80. The van der Waals surface area contributed by atoms with Crippen molar-refractivity contribution in [3.8, 4) is 0 Å². The molecule has 7 heteroatoms. The molecule has 0 heterocycles. The van der Waals surface area contributed by atoms with Crippen LogP contribution < -0.4 is 11.1 Å². The number of nitrogens with one attached hydrogen (secondary N) is 1. The van der Waals surface area contributed by atoms with Crippen LogP contribution in [0.25, 0.3) is 0 Å². The molecule has 104 valence electrons. The number of nitrogens with zero attached hydrogens (tertiary/aromatic N) is 1. The van der Waals surface area contributed by atoms with Crippen molar-refractivity contribution in [2.75, 3.05) is 11.9 Å². The normalized spacial score (nSPS) is 13.7. The van der Waals surface area contributed by atoms with Gasteiger partial charge in [0.15, 0.2) is 0 Å². The summed E-state index contributed by atoms with van der Waals surface area (Å²) in [5, 5.41) is 13.5. The Morgan fingerprint density at radius 1 is 1.58 bits per heavy atom. The van der Waals surface area contributed by atoms with Gasteiger partial charge < -0.3 is 11.1 Å². The van der Waals surface area contributed by atoms with Crippen molar-refractivity contribution in [3.63, 3.8) is 0 Å². The van der Waals surface area contributed by atoms with E-state index >= 15 is 0 Å². The van der Waals surface area contributed by atoms with E-state index in [0.29, 0.717) is 16.6 Å². The summed E-state index contributed by atoms with van der Waals surface area (Å²) >= 11 is 3.09. The molecule has 0 bridgehead atoms. The van der Waals surface area contributed by atoms with Gasteiger partial charge in [0.25, 0.3) is 5.69 Å². The molecule has 0 aliphatic heterocycles. The van der Waals surface area contributed by atoms with E-state index < -0.39 is 10.3 Å². The number of halogens is 1. The molecule has 0 aromatic heterocycles. The molecule has 1 rings (SSSR count). The van der Waals surface area contributed by atoms with Crippen LogP contribution in [0.3, 0.4) is 0 Å². The molecule has 1 atom stereocenters. The van der Waals surface area contributed by atoms with E-state index in [2.05, 4.69) is 21.2 Å². The highest BCUT2D eigenvalue weighted by molar-refractivity contribution is 9.10. The molecule has 1 amide bonds. The Hall–Kier alpha value is -1.47. The maximum atomic E-state index is 12.1. The molecule has 0 aliphatic carbocycles. The highest BCUT2D eigenvalue weighted by Gasteiger charge is 2.30. The predicted molar refractivity (Wildman–Crippen MR) is 76.9 cm³/mol. The highest BCUT2D eigenvalue weighted by atomic mass is 79.9. The van der Waals surface area contributed by atoms with Crippen LogP contribution in [0.5, 0.6) is 0 Å². The zero-order chi connectivity index (χ0) is 14.6. The third kappa shape index (κ3) is 3.51. The quantitative estimate of drug-likeness (QED) is 0.640. The first-order valence-corrected chi connectivity index (χ1v) is 6.59. The summed E-state index contributed by atoms with van der Waals surface area (Å²) in [6.45, 7) is 3.85. The number of rotatable bonds is 5. The molecule has 1 aromatic carbocycles. The van der Waals surface area contributed by atoms with Gasteiger partial charge in [-0.3, -0.25) is 14.9 Å². The molecule has 0 saturated heterocycles. The summed E-state index contributed by atoms with van der Waals surface area (Å²) in [7, 11) is 0. The van der Waals surface area contributed by atoms with Gasteiger partial charge in [-0.25, -0.2) is 0 Å². The largest absolute Gasteiger partial charge is 0.329 e. The van der Waals surface area contributed by atoms with E-state index in [1.165, 1.54) is 12.1 Å². The van der Waals surface area contributed by atoms with Gasteiger partial charge in [-0.15, -0.1) is 0 Å². The van der Waals surface area contributed by atoms with Crippen molar-refractivity contribution in [2.24, 2.45) is 11.1 Å². The standard InChI is InChI=1S/C12H16BrN3O3/c1-3-12(2,7-14)11(17)15-8-4-5-9(13)10(6-8)16(18)19/h4-6H,3,7,14H2,1-2H3,(H,15,17). The highest BCUT2D eigenvalue weighted by Crippen LogP contribution is 2.29. The van der Waals surface area contributed by atoms with Gasteiger partial charge in [0.2, 0.25) is 5.91 Å². The van der Waals surface area contributed by atoms with Crippen LogP contribution in [0, 0.1) is 15.5 Å². The average Bonchev–Trinajstić information content (AvgIpc) is 2.39. The summed E-state index contributed by atoms with van der Waals surface area (Å²) < 4.78 is 0.368. The Balaban J connectivity index is 2.98. The smallest absolute Gasteiger partial charge is 0.285 e. The van der Waals surface area contributed by atoms with Crippen LogP contribution >= 0.6 is 15.9 Å². The summed E-state index contributed by atoms with van der Waals surface area (Å²) in [6.07, 6.45) is 0.591. The van der Waals surface area contributed by atoms with Crippen molar-refractivity contribution >= 4 is 33.2 Å². The second kappa shape index (κ2) is 6.12. The van der Waals surface area contributed by atoms with Crippen LogP contribution in [-0.2, 0) is 4.79 Å². The van der Waals surface area contributed by atoms with Crippen LogP contribution in [0.15, 0.2) is 22.7 Å². The van der Waals surface area contributed by atoms with Gasteiger partial charge in [-0.2, -0.15) is 0 Å². The Morgan fingerprint density at radius 3 is 2.68 bits per heavy atom. The molecular formula is C12H16BrN3O3. The summed E-state index contributed by atoms with van der Waals surface area (Å²) in [4.78, 5) is 22.4. The second-order valence-electron chi connectivity index (χ2n) is 4.50.